The van der Waals surface area contributed by atoms with Gasteiger partial charge in [-0.2, -0.15) is 0 Å². The van der Waals surface area contributed by atoms with Gasteiger partial charge in [0.05, 0.1) is 29.4 Å². The number of carboxylic acid groups (broad SMARTS) is 1. The van der Waals surface area contributed by atoms with E-state index in [1.165, 1.54) is 4.90 Å². The van der Waals surface area contributed by atoms with Crippen LogP contribution >= 0.6 is 0 Å². The highest BCUT2D eigenvalue weighted by atomic mass is 32.2. The maximum absolute atomic E-state index is 14.3. The van der Waals surface area contributed by atoms with Crippen molar-refractivity contribution in [2.75, 3.05) is 19.6 Å². The number of nitrogens with one attached hydrogen (secondary N) is 1. The molecule has 2 saturated carbocycles. The normalized spacial score (nSPS) is 23.1. The van der Waals surface area contributed by atoms with Crippen molar-refractivity contribution in [1.29, 1.82) is 0 Å². The molecule has 1 aliphatic heterocycles. The quantitative estimate of drug-likeness (QED) is 0.405. The summed E-state index contributed by atoms with van der Waals surface area (Å²) in [5, 5.41) is 9.40. The van der Waals surface area contributed by atoms with Crippen LogP contribution in [0.3, 0.4) is 0 Å². The van der Waals surface area contributed by atoms with Crippen molar-refractivity contribution in [3.8, 4) is 11.3 Å². The second-order valence-corrected chi connectivity index (χ2v) is 13.6. The number of nitrogens with zero attached hydrogens (tertiary/aromatic N) is 4. The van der Waals surface area contributed by atoms with Gasteiger partial charge in [0.1, 0.15) is 0 Å². The van der Waals surface area contributed by atoms with Gasteiger partial charge in [0, 0.05) is 31.2 Å². The minimum Gasteiger partial charge on any atom is -0.465 e. The summed E-state index contributed by atoms with van der Waals surface area (Å²) >= 11 is 0. The Balaban J connectivity index is 1.36. The maximum Gasteiger partial charge on any atom is 0.407 e. The topological polar surface area (TPSA) is 125 Å². The Morgan fingerprint density at radius 1 is 0.929 bits per heavy atom. The first-order chi connectivity index (χ1) is 20.3. The van der Waals surface area contributed by atoms with Crippen LogP contribution < -0.4 is 4.72 Å². The van der Waals surface area contributed by atoms with Gasteiger partial charge >= 0.3 is 6.09 Å². The van der Waals surface area contributed by atoms with Crippen molar-refractivity contribution in [1.82, 2.24) is 24.1 Å². The van der Waals surface area contributed by atoms with Gasteiger partial charge in [-0.25, -0.2) is 22.9 Å². The van der Waals surface area contributed by atoms with E-state index < -0.39 is 16.1 Å². The number of carbonyl (C=O) groups is 2. The Hall–Kier alpha value is -3.70. The second kappa shape index (κ2) is 11.9. The van der Waals surface area contributed by atoms with E-state index in [4.69, 9.17) is 0 Å². The zero-order valence-corrected chi connectivity index (χ0v) is 24.3. The van der Waals surface area contributed by atoms with Gasteiger partial charge in [-0.15, -0.1) is 0 Å². The molecule has 0 unspecified atom stereocenters. The van der Waals surface area contributed by atoms with Gasteiger partial charge in [0.15, 0.2) is 5.69 Å². The minimum atomic E-state index is -3.39. The number of imidazole rings is 1. The predicted octanol–water partition coefficient (Wildman–Crippen LogP) is 4.16. The number of piperazine rings is 1. The first-order valence-corrected chi connectivity index (χ1v) is 16.3. The fourth-order valence-corrected chi connectivity index (χ4v) is 8.06. The monoisotopic (exact) mass is 591 g/mol. The molecule has 11 heteroatoms. The number of sulfonamides is 1. The molecule has 3 fully saturated rings. The molecule has 10 nitrogen and oxygen atoms in total. The smallest absolute Gasteiger partial charge is 0.407 e. The van der Waals surface area contributed by atoms with Crippen LogP contribution in [0.15, 0.2) is 67.0 Å². The largest absolute Gasteiger partial charge is 0.465 e. The summed E-state index contributed by atoms with van der Waals surface area (Å²) < 4.78 is 30.9. The standard InChI is InChI=1S/C31H37N5O5S/c37-30(35-18-17-34(31(38)39)20-24(35)19-22-9-3-1-4-10-22)28-29(23-11-5-2-6-12-23)36(21-32-28)27-14-8-7-13-26(27)33-42(40,41)25-15-16-25/h1-6,9-12,21,24-27,33H,7-8,13-20H2,(H,38,39)/t24-,26-,27+/m1/s1. The lowest BCUT2D eigenvalue weighted by molar-refractivity contribution is 0.0447. The number of amides is 2. The Labute approximate surface area is 246 Å². The molecule has 3 atom stereocenters. The molecule has 1 aromatic heterocycles. The van der Waals surface area contributed by atoms with E-state index in [9.17, 15) is 23.1 Å². The first-order valence-electron chi connectivity index (χ1n) is 14.8. The molecule has 6 rings (SSSR count). The summed E-state index contributed by atoms with van der Waals surface area (Å²) in [6.45, 7) is 0.698. The Bertz CT molecular complexity index is 1520. The molecule has 222 valence electrons. The van der Waals surface area contributed by atoms with Gasteiger partial charge < -0.3 is 19.5 Å². The van der Waals surface area contributed by atoms with Crippen LogP contribution in [0.1, 0.15) is 60.6 Å². The summed E-state index contributed by atoms with van der Waals surface area (Å²) in [4.78, 5) is 34.0. The lowest BCUT2D eigenvalue weighted by atomic mass is 9.90. The van der Waals surface area contributed by atoms with Crippen LogP contribution in [-0.2, 0) is 16.4 Å². The SMILES string of the molecule is O=C(O)N1CCN(C(=O)c2ncn([C@H]3CCCC[C@H]3NS(=O)(=O)C3CC3)c2-c2ccccc2)[C@H](Cc2ccccc2)C1. The molecule has 42 heavy (non-hydrogen) atoms. The van der Waals surface area contributed by atoms with Crippen LogP contribution in [0.2, 0.25) is 0 Å². The second-order valence-electron chi connectivity index (χ2n) is 11.6. The van der Waals surface area contributed by atoms with Gasteiger partial charge in [0.25, 0.3) is 5.91 Å². The number of rotatable bonds is 8. The maximum atomic E-state index is 14.3. The van der Waals surface area contributed by atoms with Crippen molar-refractivity contribution in [2.45, 2.75) is 68.3 Å². The summed E-state index contributed by atoms with van der Waals surface area (Å²) in [6.07, 6.45) is 6.00. The Kier molecular flexibility index (Phi) is 8.04. The third-order valence-electron chi connectivity index (χ3n) is 8.74. The number of hydrogen-bond donors (Lipinski definition) is 2. The first kappa shape index (κ1) is 28.4. The minimum absolute atomic E-state index is 0.180. The molecule has 0 bridgehead atoms. The van der Waals surface area contributed by atoms with E-state index in [-0.39, 0.29) is 48.9 Å². The molecule has 3 aliphatic rings. The van der Waals surface area contributed by atoms with Crippen LogP contribution in [0.5, 0.6) is 0 Å². The predicted molar refractivity (Wildman–Crippen MR) is 159 cm³/mol. The third-order valence-corrected chi connectivity index (χ3v) is 10.7. The highest BCUT2D eigenvalue weighted by molar-refractivity contribution is 7.90. The molecule has 2 aliphatic carbocycles. The zero-order chi connectivity index (χ0) is 29.3. The summed E-state index contributed by atoms with van der Waals surface area (Å²) in [5.74, 6) is -0.246. The van der Waals surface area contributed by atoms with E-state index in [2.05, 4.69) is 9.71 Å². The number of carbonyl (C=O) groups excluding carboxylic acids is 1. The van der Waals surface area contributed by atoms with Crippen molar-refractivity contribution < 1.29 is 23.1 Å². The average molecular weight is 592 g/mol. The van der Waals surface area contributed by atoms with Crippen molar-refractivity contribution in [2.24, 2.45) is 0 Å². The summed E-state index contributed by atoms with van der Waals surface area (Å²) in [7, 11) is -3.39. The molecule has 0 spiro atoms. The molecular formula is C31H37N5O5S. The van der Waals surface area contributed by atoms with E-state index in [0.717, 1.165) is 36.8 Å². The van der Waals surface area contributed by atoms with Crippen molar-refractivity contribution in [3.05, 3.63) is 78.2 Å². The molecule has 2 aromatic carbocycles. The van der Waals surface area contributed by atoms with Crippen molar-refractivity contribution >= 4 is 22.0 Å². The highest BCUT2D eigenvalue weighted by Gasteiger charge is 2.41. The van der Waals surface area contributed by atoms with Crippen LogP contribution in [0.25, 0.3) is 11.3 Å². The van der Waals surface area contributed by atoms with Crippen LogP contribution in [0, 0.1) is 0 Å². The van der Waals surface area contributed by atoms with E-state index in [1.807, 2.05) is 65.2 Å². The molecule has 0 radical (unpaired) electrons. The lowest BCUT2D eigenvalue weighted by Gasteiger charge is -2.40. The fourth-order valence-electron chi connectivity index (χ4n) is 6.41. The number of hydrogen-bond acceptors (Lipinski definition) is 5. The Morgan fingerprint density at radius 2 is 1.62 bits per heavy atom. The number of aromatic nitrogens is 2. The fraction of sp³-hybridized carbons (Fsp3) is 0.452. The zero-order valence-electron chi connectivity index (χ0n) is 23.5. The molecule has 2 amide bonds. The van der Waals surface area contributed by atoms with E-state index >= 15 is 0 Å². The Morgan fingerprint density at radius 3 is 2.31 bits per heavy atom. The molecule has 2 heterocycles. The van der Waals surface area contributed by atoms with E-state index in [1.54, 1.807) is 11.2 Å². The number of benzene rings is 2. The van der Waals surface area contributed by atoms with Gasteiger partial charge in [-0.1, -0.05) is 73.5 Å². The van der Waals surface area contributed by atoms with Crippen LogP contribution in [0.4, 0.5) is 4.79 Å². The van der Waals surface area contributed by atoms with Crippen LogP contribution in [-0.4, -0.2) is 81.8 Å². The molecule has 3 aromatic rings. The van der Waals surface area contributed by atoms with Gasteiger partial charge in [-0.05, 0) is 37.7 Å². The lowest BCUT2D eigenvalue weighted by Crippen LogP contribution is -2.57. The highest BCUT2D eigenvalue weighted by Crippen LogP contribution is 2.37. The third kappa shape index (κ3) is 5.94. The van der Waals surface area contributed by atoms with Gasteiger partial charge in [-0.3, -0.25) is 4.79 Å². The van der Waals surface area contributed by atoms with Crippen molar-refractivity contribution in [3.63, 3.8) is 0 Å². The van der Waals surface area contributed by atoms with E-state index in [0.29, 0.717) is 30.7 Å². The molecular weight excluding hydrogens is 554 g/mol. The molecule has 2 N–H and O–H groups in total. The summed E-state index contributed by atoms with van der Waals surface area (Å²) in [6, 6.07) is 18.6. The average Bonchev–Trinajstić information content (AvgIpc) is 3.78. The molecule has 1 saturated heterocycles. The summed E-state index contributed by atoms with van der Waals surface area (Å²) in [5.41, 5.74) is 2.82. The van der Waals surface area contributed by atoms with Gasteiger partial charge in [0.2, 0.25) is 10.0 Å².